The van der Waals surface area contributed by atoms with Gasteiger partial charge in [-0.25, -0.2) is 0 Å². The van der Waals surface area contributed by atoms with Crippen LogP contribution >= 0.6 is 12.2 Å². The second-order valence-electron chi connectivity index (χ2n) is 6.47. The van der Waals surface area contributed by atoms with E-state index in [4.69, 9.17) is 22.7 Å². The molecule has 2 nitrogen and oxygen atoms in total. The first-order valence-electron chi connectivity index (χ1n) is 7.68. The number of hydrogen-bond donors (Lipinski definition) is 1. The Morgan fingerprint density at radius 3 is 1.95 bits per heavy atom. The molecular formula is C17H31NOSSi. The van der Waals surface area contributed by atoms with Gasteiger partial charge in [0.25, 0.3) is 0 Å². The molecule has 0 aromatic rings. The maximum atomic E-state index is 5.55. The third kappa shape index (κ3) is 5.94. The lowest BCUT2D eigenvalue weighted by atomic mass is 10.2. The fourth-order valence-corrected chi connectivity index (χ4v) is 8.55. The van der Waals surface area contributed by atoms with Crippen LogP contribution in [0.5, 0.6) is 0 Å². The quantitative estimate of drug-likeness (QED) is 0.426. The van der Waals surface area contributed by atoms with Crippen LogP contribution in [0, 0.1) is 11.5 Å². The minimum absolute atomic E-state index is 0.0787. The Hall–Kier alpha value is -0.633. The predicted molar refractivity (Wildman–Crippen MR) is 100 cm³/mol. The lowest BCUT2D eigenvalue weighted by Gasteiger charge is -2.38. The van der Waals surface area contributed by atoms with Gasteiger partial charge in [-0.3, -0.25) is 0 Å². The SMILES string of the molecule is CO[C@@H](/C=C/C#C[Si](C(C)C)(C(C)C)C(C)C)CC(N)=S. The summed E-state index contributed by atoms with van der Waals surface area (Å²) in [5.41, 5.74) is 11.1. The van der Waals surface area contributed by atoms with Crippen LogP contribution in [0.1, 0.15) is 48.0 Å². The number of hydrogen-bond acceptors (Lipinski definition) is 2. The topological polar surface area (TPSA) is 35.2 Å². The van der Waals surface area contributed by atoms with Crippen LogP contribution in [0.4, 0.5) is 0 Å². The number of nitrogens with two attached hydrogens (primary N) is 1. The van der Waals surface area contributed by atoms with Crippen LogP contribution in [-0.2, 0) is 4.74 Å². The van der Waals surface area contributed by atoms with E-state index < -0.39 is 8.07 Å². The smallest absolute Gasteiger partial charge is 0.146 e. The zero-order valence-electron chi connectivity index (χ0n) is 14.6. The van der Waals surface area contributed by atoms with E-state index in [-0.39, 0.29) is 6.10 Å². The molecular weight excluding hydrogens is 294 g/mol. The van der Waals surface area contributed by atoms with Gasteiger partial charge in [-0.15, -0.1) is 5.54 Å². The molecule has 0 rings (SSSR count). The first-order chi connectivity index (χ1) is 9.68. The highest BCUT2D eigenvalue weighted by Crippen LogP contribution is 2.40. The van der Waals surface area contributed by atoms with Crippen LogP contribution in [0.25, 0.3) is 0 Å². The monoisotopic (exact) mass is 325 g/mol. The van der Waals surface area contributed by atoms with Gasteiger partial charge in [-0.05, 0) is 28.8 Å². The van der Waals surface area contributed by atoms with E-state index in [0.717, 1.165) is 0 Å². The Bertz CT molecular complexity index is 396. The van der Waals surface area contributed by atoms with Gasteiger partial charge in [0.05, 0.1) is 11.1 Å². The van der Waals surface area contributed by atoms with Gasteiger partial charge >= 0.3 is 0 Å². The van der Waals surface area contributed by atoms with Crippen molar-refractivity contribution in [1.82, 2.24) is 0 Å². The Morgan fingerprint density at radius 2 is 1.62 bits per heavy atom. The molecule has 0 spiro atoms. The van der Waals surface area contributed by atoms with Crippen LogP contribution in [0.2, 0.25) is 16.6 Å². The fourth-order valence-electron chi connectivity index (χ4n) is 3.18. The molecule has 120 valence electrons. The molecule has 0 radical (unpaired) electrons. The van der Waals surface area contributed by atoms with Crippen molar-refractivity contribution in [1.29, 1.82) is 0 Å². The Labute approximate surface area is 137 Å². The predicted octanol–water partition coefficient (Wildman–Crippen LogP) is 4.46. The molecule has 1 atom stereocenters. The molecule has 0 aliphatic rings. The van der Waals surface area contributed by atoms with E-state index in [9.17, 15) is 0 Å². The number of methoxy groups -OCH3 is 1. The van der Waals surface area contributed by atoms with E-state index in [1.165, 1.54) is 0 Å². The number of allylic oxidation sites excluding steroid dienone is 1. The molecule has 0 unspecified atom stereocenters. The van der Waals surface area contributed by atoms with Gasteiger partial charge in [0.15, 0.2) is 0 Å². The lowest BCUT2D eigenvalue weighted by molar-refractivity contribution is 0.147. The summed E-state index contributed by atoms with van der Waals surface area (Å²) in [6.07, 6.45) is 4.34. The Morgan fingerprint density at radius 1 is 1.14 bits per heavy atom. The molecule has 0 heterocycles. The van der Waals surface area contributed by atoms with Crippen LogP contribution in [0.15, 0.2) is 12.2 Å². The highest BCUT2D eigenvalue weighted by Gasteiger charge is 2.41. The second-order valence-corrected chi connectivity index (χ2v) is 12.6. The van der Waals surface area contributed by atoms with Gasteiger partial charge < -0.3 is 10.5 Å². The van der Waals surface area contributed by atoms with Crippen molar-refractivity contribution in [3.05, 3.63) is 12.2 Å². The van der Waals surface area contributed by atoms with Gasteiger partial charge in [0.2, 0.25) is 0 Å². The summed E-state index contributed by atoms with van der Waals surface area (Å²) in [5, 5.41) is 0. The average molecular weight is 326 g/mol. The van der Waals surface area contributed by atoms with Crippen LogP contribution in [0.3, 0.4) is 0 Å². The number of thiocarbonyl (C=S) groups is 1. The molecule has 0 saturated carbocycles. The summed E-state index contributed by atoms with van der Waals surface area (Å²) >= 11 is 4.91. The molecule has 2 N–H and O–H groups in total. The third-order valence-corrected chi connectivity index (χ3v) is 10.7. The summed E-state index contributed by atoms with van der Waals surface area (Å²) in [4.78, 5) is 0.467. The lowest BCUT2D eigenvalue weighted by Crippen LogP contribution is -2.43. The highest BCUT2D eigenvalue weighted by molar-refractivity contribution is 7.80. The standard InChI is InChI=1S/C17H31NOSSi/c1-13(2)21(14(3)4,15(5)6)11-9-8-10-16(19-7)12-17(18)20/h8,10,13-16H,12H2,1-7H3,(H2,18,20)/b10-8+/t16-/m0/s1. The zero-order valence-corrected chi connectivity index (χ0v) is 16.4. The summed E-state index contributed by atoms with van der Waals surface area (Å²) in [5.74, 6) is 3.28. The van der Waals surface area contributed by atoms with Crippen molar-refractivity contribution in [2.24, 2.45) is 5.73 Å². The van der Waals surface area contributed by atoms with Crippen molar-refractivity contribution in [3.8, 4) is 11.5 Å². The minimum atomic E-state index is -1.65. The molecule has 0 aromatic carbocycles. The van der Waals surface area contributed by atoms with Crippen molar-refractivity contribution in [2.45, 2.75) is 70.7 Å². The Balaban J connectivity index is 5.18. The van der Waals surface area contributed by atoms with Crippen molar-refractivity contribution < 1.29 is 4.74 Å². The van der Waals surface area contributed by atoms with Gasteiger partial charge in [0, 0.05) is 13.5 Å². The van der Waals surface area contributed by atoms with Gasteiger partial charge in [0.1, 0.15) is 8.07 Å². The molecule has 0 aliphatic heterocycles. The summed E-state index contributed by atoms with van der Waals surface area (Å²) in [6, 6.07) is 0. The van der Waals surface area contributed by atoms with Crippen molar-refractivity contribution >= 4 is 25.3 Å². The zero-order chi connectivity index (χ0) is 16.6. The Kier molecular flexibility index (Phi) is 9.11. The van der Waals surface area contributed by atoms with E-state index in [2.05, 4.69) is 53.0 Å². The molecule has 0 amide bonds. The van der Waals surface area contributed by atoms with E-state index in [1.807, 2.05) is 12.2 Å². The first kappa shape index (κ1) is 20.4. The van der Waals surface area contributed by atoms with E-state index in [1.54, 1.807) is 7.11 Å². The molecule has 0 saturated heterocycles. The first-order valence-corrected chi connectivity index (χ1v) is 10.3. The summed E-state index contributed by atoms with van der Waals surface area (Å²) < 4.78 is 5.32. The number of ether oxygens (including phenoxy) is 1. The molecule has 21 heavy (non-hydrogen) atoms. The van der Waals surface area contributed by atoms with Gasteiger partial charge in [-0.2, -0.15) is 0 Å². The number of rotatable bonds is 7. The minimum Gasteiger partial charge on any atom is -0.393 e. The fraction of sp³-hybridized carbons (Fsp3) is 0.706. The maximum absolute atomic E-state index is 5.55. The third-order valence-electron chi connectivity index (χ3n) is 4.25. The molecule has 0 fully saturated rings. The second kappa shape index (κ2) is 9.40. The molecule has 4 heteroatoms. The van der Waals surface area contributed by atoms with Gasteiger partial charge in [-0.1, -0.05) is 59.7 Å². The van der Waals surface area contributed by atoms with E-state index in [0.29, 0.717) is 28.0 Å². The van der Waals surface area contributed by atoms with Crippen molar-refractivity contribution in [2.75, 3.05) is 7.11 Å². The molecule has 0 aliphatic carbocycles. The largest absolute Gasteiger partial charge is 0.393 e. The van der Waals surface area contributed by atoms with Crippen molar-refractivity contribution in [3.63, 3.8) is 0 Å². The summed E-state index contributed by atoms with van der Waals surface area (Å²) in [7, 11) is 0.0173. The highest BCUT2D eigenvalue weighted by atomic mass is 32.1. The summed E-state index contributed by atoms with van der Waals surface area (Å²) in [6.45, 7) is 13.9. The molecule has 0 bridgehead atoms. The normalized spacial score (nSPS) is 13.8. The van der Waals surface area contributed by atoms with Crippen LogP contribution < -0.4 is 5.73 Å². The van der Waals surface area contributed by atoms with Crippen LogP contribution in [-0.4, -0.2) is 26.3 Å². The molecule has 0 aromatic heterocycles. The maximum Gasteiger partial charge on any atom is 0.146 e. The average Bonchev–Trinajstić information content (AvgIpc) is 2.35. The van der Waals surface area contributed by atoms with E-state index >= 15 is 0 Å².